The maximum atomic E-state index is 8.98. The molecule has 16 heavy (non-hydrogen) atoms. The highest BCUT2D eigenvalue weighted by Crippen LogP contribution is 2.31. The summed E-state index contributed by atoms with van der Waals surface area (Å²) in [7, 11) is 0. The minimum absolute atomic E-state index is 0.216. The highest BCUT2D eigenvalue weighted by molar-refractivity contribution is 5.87. The normalized spacial score (nSPS) is 19.1. The molecule has 1 atom stereocenters. The van der Waals surface area contributed by atoms with Gasteiger partial charge in [0.15, 0.2) is 0 Å². The SMILES string of the molecule is N#CC1CCc2c(ccc3ccccc23)C1. The molecule has 0 amide bonds. The third-order valence-electron chi connectivity index (χ3n) is 3.53. The molecule has 1 heteroatoms. The van der Waals surface area contributed by atoms with Gasteiger partial charge in [-0.3, -0.25) is 0 Å². The van der Waals surface area contributed by atoms with E-state index in [0.717, 1.165) is 19.3 Å². The number of hydrogen-bond donors (Lipinski definition) is 0. The van der Waals surface area contributed by atoms with Crippen molar-refractivity contribution < 1.29 is 0 Å². The van der Waals surface area contributed by atoms with E-state index >= 15 is 0 Å². The molecule has 0 bridgehead atoms. The minimum atomic E-state index is 0.216. The zero-order valence-corrected chi connectivity index (χ0v) is 9.11. The van der Waals surface area contributed by atoms with Crippen LogP contribution in [0.25, 0.3) is 10.8 Å². The molecular formula is C15H13N. The second kappa shape index (κ2) is 3.64. The fraction of sp³-hybridized carbons (Fsp3) is 0.267. The zero-order valence-electron chi connectivity index (χ0n) is 9.11. The van der Waals surface area contributed by atoms with E-state index in [-0.39, 0.29) is 5.92 Å². The van der Waals surface area contributed by atoms with E-state index in [1.807, 2.05) is 0 Å². The second-order valence-corrected chi connectivity index (χ2v) is 4.49. The maximum Gasteiger partial charge on any atom is 0.0659 e. The summed E-state index contributed by atoms with van der Waals surface area (Å²) in [5.74, 6) is 0.216. The molecule has 1 aliphatic rings. The predicted molar refractivity (Wildman–Crippen MR) is 65.1 cm³/mol. The molecular weight excluding hydrogens is 194 g/mol. The molecule has 0 N–H and O–H groups in total. The smallest absolute Gasteiger partial charge is 0.0659 e. The van der Waals surface area contributed by atoms with E-state index in [0.29, 0.717) is 0 Å². The summed E-state index contributed by atoms with van der Waals surface area (Å²) in [4.78, 5) is 0. The van der Waals surface area contributed by atoms with Crippen molar-refractivity contribution >= 4 is 10.8 Å². The summed E-state index contributed by atoms with van der Waals surface area (Å²) in [6, 6.07) is 15.3. The molecule has 0 radical (unpaired) electrons. The van der Waals surface area contributed by atoms with Crippen molar-refractivity contribution in [1.82, 2.24) is 0 Å². The number of aryl methyl sites for hydroxylation is 1. The molecule has 2 aromatic rings. The van der Waals surface area contributed by atoms with Crippen molar-refractivity contribution in [3.63, 3.8) is 0 Å². The van der Waals surface area contributed by atoms with Gasteiger partial charge < -0.3 is 0 Å². The molecule has 0 fully saturated rings. The lowest BCUT2D eigenvalue weighted by Crippen LogP contribution is -2.12. The van der Waals surface area contributed by atoms with E-state index in [1.165, 1.54) is 21.9 Å². The van der Waals surface area contributed by atoms with Gasteiger partial charge in [0.25, 0.3) is 0 Å². The van der Waals surface area contributed by atoms with Crippen molar-refractivity contribution in [2.45, 2.75) is 19.3 Å². The fourth-order valence-corrected chi connectivity index (χ4v) is 2.66. The maximum absolute atomic E-state index is 8.98. The summed E-state index contributed by atoms with van der Waals surface area (Å²) < 4.78 is 0. The molecule has 2 aromatic carbocycles. The molecule has 0 saturated heterocycles. The molecule has 1 unspecified atom stereocenters. The van der Waals surface area contributed by atoms with E-state index in [2.05, 4.69) is 42.5 Å². The third-order valence-corrected chi connectivity index (χ3v) is 3.53. The number of fused-ring (bicyclic) bond motifs is 3. The fourth-order valence-electron chi connectivity index (χ4n) is 2.66. The van der Waals surface area contributed by atoms with Crippen LogP contribution < -0.4 is 0 Å². The molecule has 1 nitrogen and oxygen atoms in total. The highest BCUT2D eigenvalue weighted by atomic mass is 14.3. The number of nitrogens with zero attached hydrogens (tertiary/aromatic N) is 1. The monoisotopic (exact) mass is 207 g/mol. The molecule has 0 saturated carbocycles. The molecule has 78 valence electrons. The van der Waals surface area contributed by atoms with Crippen LogP contribution in [0.4, 0.5) is 0 Å². The van der Waals surface area contributed by atoms with Gasteiger partial charge in [-0.25, -0.2) is 0 Å². The lowest BCUT2D eigenvalue weighted by Gasteiger charge is -2.21. The predicted octanol–water partition coefficient (Wildman–Crippen LogP) is 3.47. The van der Waals surface area contributed by atoms with E-state index < -0.39 is 0 Å². The van der Waals surface area contributed by atoms with Gasteiger partial charge >= 0.3 is 0 Å². The van der Waals surface area contributed by atoms with E-state index in [4.69, 9.17) is 5.26 Å². The van der Waals surface area contributed by atoms with Gasteiger partial charge in [-0.05, 0) is 41.2 Å². The Morgan fingerprint density at radius 1 is 1.12 bits per heavy atom. The van der Waals surface area contributed by atoms with Crippen molar-refractivity contribution in [2.75, 3.05) is 0 Å². The Morgan fingerprint density at radius 2 is 2.00 bits per heavy atom. The Labute approximate surface area is 95.3 Å². The summed E-state index contributed by atoms with van der Waals surface area (Å²) >= 11 is 0. The largest absolute Gasteiger partial charge is 0.198 e. The first kappa shape index (κ1) is 9.42. The van der Waals surface area contributed by atoms with Crippen LogP contribution in [0, 0.1) is 17.2 Å². The Bertz CT molecular complexity index is 577. The van der Waals surface area contributed by atoms with Crippen LogP contribution in [0.3, 0.4) is 0 Å². The van der Waals surface area contributed by atoms with Gasteiger partial charge in [0, 0.05) is 0 Å². The first-order valence-corrected chi connectivity index (χ1v) is 5.77. The molecule has 0 aromatic heterocycles. The van der Waals surface area contributed by atoms with Gasteiger partial charge in [0.2, 0.25) is 0 Å². The van der Waals surface area contributed by atoms with E-state index in [9.17, 15) is 0 Å². The number of nitriles is 1. The lowest BCUT2D eigenvalue weighted by atomic mass is 9.82. The first-order valence-electron chi connectivity index (χ1n) is 5.77. The Kier molecular flexibility index (Phi) is 2.15. The minimum Gasteiger partial charge on any atom is -0.198 e. The Hall–Kier alpha value is -1.81. The van der Waals surface area contributed by atoms with Crippen molar-refractivity contribution in [2.24, 2.45) is 5.92 Å². The van der Waals surface area contributed by atoms with Crippen LogP contribution in [0.15, 0.2) is 36.4 Å². The molecule has 0 aliphatic heterocycles. The summed E-state index contributed by atoms with van der Waals surface area (Å²) in [5, 5.41) is 11.7. The van der Waals surface area contributed by atoms with E-state index in [1.54, 1.807) is 0 Å². The lowest BCUT2D eigenvalue weighted by molar-refractivity contribution is 0.567. The van der Waals surface area contributed by atoms with Crippen LogP contribution in [0.1, 0.15) is 17.5 Å². The van der Waals surface area contributed by atoms with Gasteiger partial charge in [-0.15, -0.1) is 0 Å². The summed E-state index contributed by atoms with van der Waals surface area (Å²) in [6.45, 7) is 0. The average Bonchev–Trinajstić information content (AvgIpc) is 2.38. The topological polar surface area (TPSA) is 23.8 Å². The van der Waals surface area contributed by atoms with Gasteiger partial charge in [0.1, 0.15) is 0 Å². The number of hydrogen-bond acceptors (Lipinski definition) is 1. The van der Waals surface area contributed by atoms with Crippen LogP contribution in [-0.4, -0.2) is 0 Å². The van der Waals surface area contributed by atoms with Crippen molar-refractivity contribution in [3.8, 4) is 6.07 Å². The second-order valence-electron chi connectivity index (χ2n) is 4.49. The van der Waals surface area contributed by atoms with Gasteiger partial charge in [-0.1, -0.05) is 36.4 Å². The van der Waals surface area contributed by atoms with Crippen LogP contribution in [0.5, 0.6) is 0 Å². The quantitative estimate of drug-likeness (QED) is 0.649. The van der Waals surface area contributed by atoms with Crippen molar-refractivity contribution in [3.05, 3.63) is 47.5 Å². The van der Waals surface area contributed by atoms with Gasteiger partial charge in [-0.2, -0.15) is 5.26 Å². The Morgan fingerprint density at radius 3 is 2.88 bits per heavy atom. The summed E-state index contributed by atoms with van der Waals surface area (Å²) in [5.41, 5.74) is 2.83. The average molecular weight is 207 g/mol. The molecule has 3 rings (SSSR count). The number of rotatable bonds is 0. The highest BCUT2D eigenvalue weighted by Gasteiger charge is 2.19. The Balaban J connectivity index is 2.19. The van der Waals surface area contributed by atoms with Crippen LogP contribution in [-0.2, 0) is 12.8 Å². The number of benzene rings is 2. The van der Waals surface area contributed by atoms with Gasteiger partial charge in [0.05, 0.1) is 12.0 Å². The van der Waals surface area contributed by atoms with Crippen molar-refractivity contribution in [1.29, 1.82) is 5.26 Å². The molecule has 0 heterocycles. The van der Waals surface area contributed by atoms with Crippen LogP contribution in [0.2, 0.25) is 0 Å². The standard InChI is InChI=1S/C15H13N/c16-10-11-5-8-15-13(9-11)7-6-12-3-1-2-4-14(12)15/h1-4,6-7,11H,5,8-9H2. The first-order chi connectivity index (χ1) is 7.88. The van der Waals surface area contributed by atoms with Crippen LogP contribution >= 0.6 is 0 Å². The summed E-state index contributed by atoms with van der Waals surface area (Å²) in [6.07, 6.45) is 2.99. The zero-order chi connectivity index (χ0) is 11.0. The molecule has 1 aliphatic carbocycles. The molecule has 0 spiro atoms. The third kappa shape index (κ3) is 1.39.